The Kier molecular flexibility index (Phi) is 4.62. The summed E-state index contributed by atoms with van der Waals surface area (Å²) in [5, 5.41) is 8.40. The van der Waals surface area contributed by atoms with Crippen LogP contribution < -0.4 is 10.6 Å². The van der Waals surface area contributed by atoms with Gasteiger partial charge >= 0.3 is 0 Å². The highest BCUT2D eigenvalue weighted by Gasteiger charge is 2.44. The van der Waals surface area contributed by atoms with E-state index in [1.807, 2.05) is 41.5 Å². The number of rotatable bonds is 3. The topological polar surface area (TPSA) is 74.3 Å². The van der Waals surface area contributed by atoms with Gasteiger partial charge in [-0.15, -0.1) is 11.3 Å². The van der Waals surface area contributed by atoms with Crippen LogP contribution in [0.2, 0.25) is 0 Å². The molecule has 0 saturated carbocycles. The van der Waals surface area contributed by atoms with Gasteiger partial charge in [-0.1, -0.05) is 23.9 Å². The minimum Gasteiger partial charge on any atom is -0.369 e. The fourth-order valence-electron chi connectivity index (χ4n) is 3.36. The van der Waals surface area contributed by atoms with Crippen LogP contribution in [0.4, 0.5) is 11.4 Å². The molecule has 0 unspecified atom stereocenters. The first kappa shape index (κ1) is 17.4. The number of likely N-dealkylation sites (tertiary alicyclic amines) is 1. The number of para-hydroxylation sites is 2. The van der Waals surface area contributed by atoms with Gasteiger partial charge in [-0.2, -0.15) is 0 Å². The molecule has 0 bridgehead atoms. The van der Waals surface area contributed by atoms with Gasteiger partial charge in [0.1, 0.15) is 5.54 Å². The smallest absolute Gasteiger partial charge is 0.250 e. The van der Waals surface area contributed by atoms with E-state index in [-0.39, 0.29) is 11.8 Å². The SMILES string of the molecule is Cc1csc(SCC(=O)N2CCC3(CC2)Nc2ccccc2NC3=O)n1. The van der Waals surface area contributed by atoms with Gasteiger partial charge in [-0.05, 0) is 31.9 Å². The molecule has 1 aromatic heterocycles. The Morgan fingerprint density at radius 3 is 2.73 bits per heavy atom. The number of carbonyl (C=O) groups is 2. The van der Waals surface area contributed by atoms with Crippen LogP contribution in [-0.2, 0) is 9.59 Å². The molecule has 136 valence electrons. The van der Waals surface area contributed by atoms with Gasteiger partial charge in [0.15, 0.2) is 4.34 Å². The Morgan fingerprint density at radius 1 is 1.31 bits per heavy atom. The Bertz CT molecular complexity index is 843. The summed E-state index contributed by atoms with van der Waals surface area (Å²) in [4.78, 5) is 31.4. The van der Waals surface area contributed by atoms with Crippen molar-refractivity contribution in [2.45, 2.75) is 29.6 Å². The third-order valence-electron chi connectivity index (χ3n) is 4.87. The molecule has 0 aliphatic carbocycles. The van der Waals surface area contributed by atoms with Gasteiger partial charge in [-0.25, -0.2) is 4.98 Å². The lowest BCUT2D eigenvalue weighted by molar-refractivity contribution is -0.132. The zero-order chi connectivity index (χ0) is 18.1. The number of carbonyl (C=O) groups excluding carboxylic acids is 2. The minimum atomic E-state index is -0.620. The molecule has 2 aliphatic heterocycles. The zero-order valence-corrected chi connectivity index (χ0v) is 16.1. The number of nitrogens with one attached hydrogen (secondary N) is 2. The first-order valence-corrected chi connectivity index (χ1v) is 10.4. The van der Waals surface area contributed by atoms with E-state index in [0.717, 1.165) is 21.4 Å². The number of amides is 2. The molecule has 2 N–H and O–H groups in total. The number of aromatic nitrogens is 1. The maximum absolute atomic E-state index is 12.6. The minimum absolute atomic E-state index is 0.00376. The maximum Gasteiger partial charge on any atom is 0.250 e. The van der Waals surface area contributed by atoms with Crippen LogP contribution in [0.25, 0.3) is 0 Å². The molecule has 6 nitrogen and oxygen atoms in total. The van der Waals surface area contributed by atoms with Crippen molar-refractivity contribution in [3.05, 3.63) is 35.3 Å². The largest absolute Gasteiger partial charge is 0.369 e. The first-order chi connectivity index (χ1) is 12.6. The van der Waals surface area contributed by atoms with E-state index < -0.39 is 5.54 Å². The third-order valence-corrected chi connectivity index (χ3v) is 6.99. The molecule has 2 amide bonds. The van der Waals surface area contributed by atoms with Crippen molar-refractivity contribution >= 4 is 46.3 Å². The molecule has 8 heteroatoms. The van der Waals surface area contributed by atoms with Crippen molar-refractivity contribution in [1.29, 1.82) is 0 Å². The summed E-state index contributed by atoms with van der Waals surface area (Å²) < 4.78 is 0.925. The monoisotopic (exact) mass is 388 g/mol. The highest BCUT2D eigenvalue weighted by molar-refractivity contribution is 8.01. The number of anilines is 2. The first-order valence-electron chi connectivity index (χ1n) is 8.57. The lowest BCUT2D eigenvalue weighted by Crippen LogP contribution is -2.59. The quantitative estimate of drug-likeness (QED) is 0.791. The van der Waals surface area contributed by atoms with E-state index in [4.69, 9.17) is 0 Å². The molecular weight excluding hydrogens is 368 g/mol. The predicted molar refractivity (Wildman–Crippen MR) is 105 cm³/mol. The molecule has 26 heavy (non-hydrogen) atoms. The molecule has 1 saturated heterocycles. The summed E-state index contributed by atoms with van der Waals surface area (Å²) in [5.41, 5.74) is 2.13. The van der Waals surface area contributed by atoms with Gasteiger partial charge < -0.3 is 15.5 Å². The highest BCUT2D eigenvalue weighted by Crippen LogP contribution is 2.36. The summed E-state index contributed by atoms with van der Waals surface area (Å²) in [6, 6.07) is 7.72. The van der Waals surface area contributed by atoms with Crippen LogP contribution in [-0.4, -0.2) is 46.1 Å². The fraction of sp³-hybridized carbons (Fsp3) is 0.389. The summed E-state index contributed by atoms with van der Waals surface area (Å²) >= 11 is 3.05. The Morgan fingerprint density at radius 2 is 2.04 bits per heavy atom. The third kappa shape index (κ3) is 3.31. The second kappa shape index (κ2) is 6.92. The Hall–Kier alpha value is -2.06. The normalized spacial score (nSPS) is 18.2. The molecule has 1 fully saturated rings. The van der Waals surface area contributed by atoms with E-state index in [1.165, 1.54) is 11.8 Å². The fourth-order valence-corrected chi connectivity index (χ4v) is 5.11. The van der Waals surface area contributed by atoms with E-state index in [9.17, 15) is 9.59 Å². The predicted octanol–water partition coefficient (Wildman–Crippen LogP) is 2.97. The lowest BCUT2D eigenvalue weighted by Gasteiger charge is -2.44. The second-order valence-electron chi connectivity index (χ2n) is 6.63. The Balaban J connectivity index is 1.36. The van der Waals surface area contributed by atoms with E-state index in [1.54, 1.807) is 11.3 Å². The molecule has 0 atom stereocenters. The van der Waals surface area contributed by atoms with Crippen molar-refractivity contribution in [3.63, 3.8) is 0 Å². The van der Waals surface area contributed by atoms with Gasteiger partial charge in [0.05, 0.1) is 17.1 Å². The van der Waals surface area contributed by atoms with Gasteiger partial charge in [-0.3, -0.25) is 9.59 Å². The number of benzene rings is 1. The number of thiazole rings is 1. The average Bonchev–Trinajstić information content (AvgIpc) is 3.07. The Labute approximate surface area is 160 Å². The van der Waals surface area contributed by atoms with Crippen LogP contribution in [0.3, 0.4) is 0 Å². The van der Waals surface area contributed by atoms with Gasteiger partial charge in [0.2, 0.25) is 11.8 Å². The lowest BCUT2D eigenvalue weighted by atomic mass is 9.84. The van der Waals surface area contributed by atoms with E-state index in [0.29, 0.717) is 31.7 Å². The molecule has 0 radical (unpaired) electrons. The number of thioether (sulfide) groups is 1. The standard InChI is InChI=1S/C18H20N4O2S2/c1-12-10-25-17(19-12)26-11-15(23)22-8-6-18(7-9-22)16(24)20-13-4-2-3-5-14(13)21-18/h2-5,10,21H,6-9,11H2,1H3,(H,20,24). The van der Waals surface area contributed by atoms with Crippen molar-refractivity contribution in [3.8, 4) is 0 Å². The molecule has 4 rings (SSSR count). The number of hydrogen-bond donors (Lipinski definition) is 2. The number of nitrogens with zero attached hydrogens (tertiary/aromatic N) is 2. The summed E-state index contributed by atoms with van der Waals surface area (Å²) in [7, 11) is 0. The van der Waals surface area contributed by atoms with Crippen LogP contribution in [0.1, 0.15) is 18.5 Å². The maximum atomic E-state index is 12.6. The van der Waals surface area contributed by atoms with Crippen molar-refractivity contribution < 1.29 is 9.59 Å². The number of fused-ring (bicyclic) bond motifs is 1. The molecule has 1 spiro atoms. The second-order valence-corrected chi connectivity index (χ2v) is 8.71. The van der Waals surface area contributed by atoms with Gasteiger partial charge in [0, 0.05) is 24.2 Å². The highest BCUT2D eigenvalue weighted by atomic mass is 32.2. The molecule has 3 heterocycles. The molecule has 2 aliphatic rings. The van der Waals surface area contributed by atoms with Gasteiger partial charge in [0.25, 0.3) is 0 Å². The molecule has 1 aromatic carbocycles. The van der Waals surface area contributed by atoms with Crippen molar-refractivity contribution in [1.82, 2.24) is 9.88 Å². The zero-order valence-electron chi connectivity index (χ0n) is 14.4. The van der Waals surface area contributed by atoms with Crippen LogP contribution in [0.15, 0.2) is 34.0 Å². The number of hydrogen-bond acceptors (Lipinski definition) is 6. The average molecular weight is 389 g/mol. The summed E-state index contributed by atoms with van der Waals surface area (Å²) in [6.07, 6.45) is 1.22. The number of piperidine rings is 1. The summed E-state index contributed by atoms with van der Waals surface area (Å²) in [5.74, 6) is 0.493. The number of aryl methyl sites for hydroxylation is 1. The van der Waals surface area contributed by atoms with Crippen LogP contribution >= 0.6 is 23.1 Å². The van der Waals surface area contributed by atoms with Crippen molar-refractivity contribution in [2.24, 2.45) is 0 Å². The van der Waals surface area contributed by atoms with Crippen molar-refractivity contribution in [2.75, 3.05) is 29.5 Å². The molecular formula is C18H20N4O2S2. The van der Waals surface area contributed by atoms with Crippen LogP contribution in [0.5, 0.6) is 0 Å². The van der Waals surface area contributed by atoms with E-state index in [2.05, 4.69) is 15.6 Å². The summed E-state index contributed by atoms with van der Waals surface area (Å²) in [6.45, 7) is 3.12. The van der Waals surface area contributed by atoms with Crippen LogP contribution in [0, 0.1) is 6.92 Å². The molecule has 2 aromatic rings. The van der Waals surface area contributed by atoms with E-state index >= 15 is 0 Å².